The van der Waals surface area contributed by atoms with E-state index in [1.54, 1.807) is 42.7 Å². The smallest absolute Gasteiger partial charge is 0.261 e. The Kier molecular flexibility index (Phi) is 4.92. The molecular formula is C21H22N4O3. The van der Waals surface area contributed by atoms with Gasteiger partial charge in [0.2, 0.25) is 0 Å². The number of benzene rings is 1. The second kappa shape index (κ2) is 7.52. The van der Waals surface area contributed by atoms with Crippen molar-refractivity contribution in [2.45, 2.75) is 25.4 Å². The van der Waals surface area contributed by atoms with Crippen LogP contribution in [0.2, 0.25) is 0 Å². The maximum absolute atomic E-state index is 12.9. The van der Waals surface area contributed by atoms with E-state index in [1.165, 1.54) is 4.90 Å². The van der Waals surface area contributed by atoms with Gasteiger partial charge in [0.05, 0.1) is 17.7 Å². The predicted octanol–water partition coefficient (Wildman–Crippen LogP) is 1.70. The first-order chi connectivity index (χ1) is 13.6. The van der Waals surface area contributed by atoms with Crippen molar-refractivity contribution in [2.24, 2.45) is 0 Å². The number of nitrogens with zero attached hydrogens (tertiary/aromatic N) is 3. The Morgan fingerprint density at radius 2 is 1.89 bits per heavy atom. The first-order valence-corrected chi connectivity index (χ1v) is 9.44. The van der Waals surface area contributed by atoms with Crippen LogP contribution < -0.4 is 5.32 Å². The summed E-state index contributed by atoms with van der Waals surface area (Å²) in [6, 6.07) is 8.62. The van der Waals surface area contributed by atoms with Gasteiger partial charge in [0.25, 0.3) is 17.7 Å². The Bertz CT molecular complexity index is 929. The SMILES string of the molecule is CNC1CCCN(C(=O)c2ccc3c(c2)C(=O)N(Cc2ccncc2)C3=O)C1. The normalized spacial score (nSPS) is 19.1. The summed E-state index contributed by atoms with van der Waals surface area (Å²) >= 11 is 0. The Morgan fingerprint density at radius 1 is 1.14 bits per heavy atom. The lowest BCUT2D eigenvalue weighted by Gasteiger charge is -2.32. The summed E-state index contributed by atoms with van der Waals surface area (Å²) < 4.78 is 0. The number of imide groups is 1. The molecule has 7 heteroatoms. The lowest BCUT2D eigenvalue weighted by Crippen LogP contribution is -2.47. The highest BCUT2D eigenvalue weighted by Crippen LogP contribution is 2.26. The molecule has 1 saturated heterocycles. The number of likely N-dealkylation sites (N-methyl/N-ethyl adjacent to an activating group) is 1. The van der Waals surface area contributed by atoms with E-state index in [2.05, 4.69) is 10.3 Å². The third-order valence-electron chi connectivity index (χ3n) is 5.42. The number of piperidine rings is 1. The number of pyridine rings is 1. The maximum Gasteiger partial charge on any atom is 0.261 e. The van der Waals surface area contributed by atoms with Crippen LogP contribution in [0.25, 0.3) is 0 Å². The van der Waals surface area contributed by atoms with Gasteiger partial charge in [-0.2, -0.15) is 0 Å². The van der Waals surface area contributed by atoms with E-state index in [-0.39, 0.29) is 30.3 Å². The molecule has 2 aromatic rings. The molecule has 0 aliphatic carbocycles. The zero-order valence-electron chi connectivity index (χ0n) is 15.7. The molecule has 3 heterocycles. The monoisotopic (exact) mass is 378 g/mol. The zero-order valence-corrected chi connectivity index (χ0v) is 15.7. The number of aromatic nitrogens is 1. The molecule has 0 radical (unpaired) electrons. The van der Waals surface area contributed by atoms with E-state index in [0.29, 0.717) is 29.8 Å². The highest BCUT2D eigenvalue weighted by Gasteiger charge is 2.36. The van der Waals surface area contributed by atoms with Crippen molar-refractivity contribution in [3.63, 3.8) is 0 Å². The summed E-state index contributed by atoms with van der Waals surface area (Å²) in [4.78, 5) is 45.4. The van der Waals surface area contributed by atoms with E-state index < -0.39 is 0 Å². The number of likely N-dealkylation sites (tertiary alicyclic amines) is 1. The van der Waals surface area contributed by atoms with Gasteiger partial charge in [0, 0.05) is 37.1 Å². The third-order valence-corrected chi connectivity index (χ3v) is 5.42. The van der Waals surface area contributed by atoms with Crippen molar-refractivity contribution in [1.29, 1.82) is 0 Å². The fourth-order valence-electron chi connectivity index (χ4n) is 3.82. The number of carbonyl (C=O) groups excluding carboxylic acids is 3. The van der Waals surface area contributed by atoms with E-state index in [9.17, 15) is 14.4 Å². The Balaban J connectivity index is 1.56. The number of hydrogen-bond donors (Lipinski definition) is 1. The lowest BCUT2D eigenvalue weighted by molar-refractivity contribution is 0.0641. The quantitative estimate of drug-likeness (QED) is 0.819. The Morgan fingerprint density at radius 3 is 2.64 bits per heavy atom. The molecule has 4 rings (SSSR count). The number of hydrogen-bond acceptors (Lipinski definition) is 5. The van der Waals surface area contributed by atoms with E-state index in [0.717, 1.165) is 18.4 Å². The largest absolute Gasteiger partial charge is 0.337 e. The summed E-state index contributed by atoms with van der Waals surface area (Å²) in [5.41, 5.74) is 1.92. The molecular weight excluding hydrogens is 356 g/mol. The third kappa shape index (κ3) is 3.29. The molecule has 28 heavy (non-hydrogen) atoms. The van der Waals surface area contributed by atoms with Gasteiger partial charge in [-0.1, -0.05) is 0 Å². The van der Waals surface area contributed by atoms with Gasteiger partial charge >= 0.3 is 0 Å². The predicted molar refractivity (Wildman–Crippen MR) is 103 cm³/mol. The summed E-state index contributed by atoms with van der Waals surface area (Å²) in [7, 11) is 1.90. The fraction of sp³-hybridized carbons (Fsp3) is 0.333. The minimum Gasteiger partial charge on any atom is -0.337 e. The number of rotatable bonds is 4. The highest BCUT2D eigenvalue weighted by molar-refractivity contribution is 6.22. The summed E-state index contributed by atoms with van der Waals surface area (Å²) in [6.07, 6.45) is 5.24. The molecule has 0 spiro atoms. The molecule has 3 amide bonds. The minimum absolute atomic E-state index is 0.101. The van der Waals surface area contributed by atoms with Crippen LogP contribution in [0.15, 0.2) is 42.7 Å². The van der Waals surface area contributed by atoms with Crippen LogP contribution in [-0.2, 0) is 6.54 Å². The molecule has 2 aliphatic rings. The molecule has 1 aromatic carbocycles. The molecule has 0 saturated carbocycles. The Hall–Kier alpha value is -3.06. The van der Waals surface area contributed by atoms with Gasteiger partial charge in [-0.15, -0.1) is 0 Å². The van der Waals surface area contributed by atoms with Crippen LogP contribution in [0.5, 0.6) is 0 Å². The van der Waals surface area contributed by atoms with E-state index in [4.69, 9.17) is 0 Å². The first kappa shape index (κ1) is 18.3. The van der Waals surface area contributed by atoms with Gasteiger partial charge in [-0.05, 0) is 55.8 Å². The van der Waals surface area contributed by atoms with Crippen molar-refractivity contribution in [1.82, 2.24) is 20.1 Å². The topological polar surface area (TPSA) is 82.6 Å². The number of amides is 3. The second-order valence-corrected chi connectivity index (χ2v) is 7.19. The van der Waals surface area contributed by atoms with Gasteiger partial charge in [-0.25, -0.2) is 0 Å². The Labute approximate surface area is 163 Å². The molecule has 1 atom stereocenters. The second-order valence-electron chi connectivity index (χ2n) is 7.19. The molecule has 1 aromatic heterocycles. The van der Waals surface area contributed by atoms with Crippen LogP contribution in [0.3, 0.4) is 0 Å². The molecule has 1 fully saturated rings. The van der Waals surface area contributed by atoms with Crippen molar-refractivity contribution >= 4 is 17.7 Å². The summed E-state index contributed by atoms with van der Waals surface area (Å²) in [6.45, 7) is 1.54. The van der Waals surface area contributed by atoms with Crippen molar-refractivity contribution in [3.8, 4) is 0 Å². The van der Waals surface area contributed by atoms with Gasteiger partial charge in [0.1, 0.15) is 0 Å². The highest BCUT2D eigenvalue weighted by atomic mass is 16.2. The van der Waals surface area contributed by atoms with Crippen molar-refractivity contribution < 1.29 is 14.4 Å². The van der Waals surface area contributed by atoms with E-state index >= 15 is 0 Å². The average molecular weight is 378 g/mol. The fourth-order valence-corrected chi connectivity index (χ4v) is 3.82. The molecule has 0 bridgehead atoms. The molecule has 144 valence electrons. The van der Waals surface area contributed by atoms with Crippen LogP contribution in [-0.4, -0.2) is 58.7 Å². The average Bonchev–Trinajstić information content (AvgIpc) is 2.98. The van der Waals surface area contributed by atoms with Gasteiger partial charge in [-0.3, -0.25) is 24.3 Å². The lowest BCUT2D eigenvalue weighted by atomic mass is 10.0. The number of nitrogens with one attached hydrogen (secondary N) is 1. The summed E-state index contributed by atoms with van der Waals surface area (Å²) in [5, 5.41) is 3.22. The van der Waals surface area contributed by atoms with Crippen LogP contribution >= 0.6 is 0 Å². The van der Waals surface area contributed by atoms with Crippen molar-refractivity contribution in [2.75, 3.05) is 20.1 Å². The standard InChI is InChI=1S/C21H22N4O3/c1-22-16-3-2-10-24(13-16)19(26)15-4-5-17-18(11-15)21(28)25(20(17)27)12-14-6-8-23-9-7-14/h4-9,11,16,22H,2-3,10,12-13H2,1H3. The number of fused-ring (bicyclic) bond motifs is 1. The maximum atomic E-state index is 12.9. The minimum atomic E-state index is -0.363. The molecule has 2 aliphatic heterocycles. The van der Waals surface area contributed by atoms with Crippen molar-refractivity contribution in [3.05, 3.63) is 65.0 Å². The molecule has 1 unspecified atom stereocenters. The first-order valence-electron chi connectivity index (χ1n) is 9.44. The van der Waals surface area contributed by atoms with Crippen LogP contribution in [0.4, 0.5) is 0 Å². The van der Waals surface area contributed by atoms with Crippen LogP contribution in [0.1, 0.15) is 49.5 Å². The van der Waals surface area contributed by atoms with Gasteiger partial charge < -0.3 is 10.2 Å². The zero-order chi connectivity index (χ0) is 19.7. The summed E-state index contributed by atoms with van der Waals surface area (Å²) in [5.74, 6) is -0.794. The van der Waals surface area contributed by atoms with Crippen LogP contribution in [0, 0.1) is 0 Å². The number of carbonyl (C=O) groups is 3. The molecule has 7 nitrogen and oxygen atoms in total. The van der Waals surface area contributed by atoms with E-state index in [1.807, 2.05) is 11.9 Å². The van der Waals surface area contributed by atoms with Gasteiger partial charge in [0.15, 0.2) is 0 Å². The molecule has 1 N–H and O–H groups in total.